The van der Waals surface area contributed by atoms with E-state index in [4.69, 9.17) is 14.4 Å². The van der Waals surface area contributed by atoms with Crippen LogP contribution in [0.4, 0.5) is 5.69 Å². The number of hydrogen-bond acceptors (Lipinski definition) is 4. The Kier molecular flexibility index (Phi) is 8.49. The summed E-state index contributed by atoms with van der Waals surface area (Å²) >= 11 is 0. The summed E-state index contributed by atoms with van der Waals surface area (Å²) < 4.78 is 6.56. The smallest absolute Gasteiger partial charge is 0.229 e. The lowest BCUT2D eigenvalue weighted by atomic mass is 9.85. The largest absolute Gasteiger partial charge is 0.507 e. The highest BCUT2D eigenvalue weighted by Crippen LogP contribution is 2.39. The number of phenols is 1. The molecule has 6 aromatic carbocycles. The van der Waals surface area contributed by atoms with Crippen LogP contribution in [0.3, 0.4) is 0 Å². The molecular formula is C46H42N2O2. The topological polar surface area (TPSA) is 58.6 Å². The Morgan fingerprint density at radius 3 is 1.92 bits per heavy atom. The molecule has 4 heteroatoms. The number of aromatic hydroxyl groups is 1. The number of para-hydroxylation sites is 1. The summed E-state index contributed by atoms with van der Waals surface area (Å²) in [6.07, 6.45) is 1.71. The fraction of sp³-hybridized carbons (Fsp3) is 0.174. The second-order valence-electron chi connectivity index (χ2n) is 15.0. The van der Waals surface area contributed by atoms with E-state index in [1.807, 2.05) is 54.6 Å². The molecule has 0 atom stereocenters. The summed E-state index contributed by atoms with van der Waals surface area (Å²) in [5, 5.41) is 10.6. The molecule has 7 aromatic rings. The highest BCUT2D eigenvalue weighted by atomic mass is 16.3. The fourth-order valence-electron chi connectivity index (χ4n) is 6.20. The molecule has 0 aliphatic rings. The van der Waals surface area contributed by atoms with E-state index < -0.39 is 0 Å². The second-order valence-corrected chi connectivity index (χ2v) is 15.0. The molecule has 0 spiro atoms. The van der Waals surface area contributed by atoms with E-state index in [0.717, 1.165) is 38.9 Å². The minimum absolute atomic E-state index is 0.0538. The van der Waals surface area contributed by atoms with Gasteiger partial charge in [-0.3, -0.25) is 4.99 Å². The second kappa shape index (κ2) is 12.9. The lowest BCUT2D eigenvalue weighted by Crippen LogP contribution is -2.11. The lowest BCUT2D eigenvalue weighted by Gasteiger charge is -2.20. The minimum Gasteiger partial charge on any atom is -0.507 e. The molecule has 1 heterocycles. The number of nitrogens with zero attached hydrogens (tertiary/aromatic N) is 2. The van der Waals surface area contributed by atoms with Crippen LogP contribution < -0.4 is 0 Å². The number of fused-ring (bicyclic) bond motifs is 1. The Balaban J connectivity index is 1.29. The van der Waals surface area contributed by atoms with Gasteiger partial charge in [0.2, 0.25) is 5.89 Å². The van der Waals surface area contributed by atoms with Gasteiger partial charge in [-0.25, -0.2) is 4.98 Å². The van der Waals surface area contributed by atoms with Gasteiger partial charge < -0.3 is 9.52 Å². The first-order valence-corrected chi connectivity index (χ1v) is 17.1. The minimum atomic E-state index is -0.0538. The maximum absolute atomic E-state index is 10.6. The summed E-state index contributed by atoms with van der Waals surface area (Å²) in [6.45, 7) is 13.2. The Morgan fingerprint density at radius 2 is 1.20 bits per heavy atom. The molecule has 50 heavy (non-hydrogen) atoms. The molecule has 0 saturated carbocycles. The number of phenolic OH excluding ortho intramolecular Hbond substituents is 1. The highest BCUT2D eigenvalue weighted by molar-refractivity contribution is 5.97. The van der Waals surface area contributed by atoms with E-state index in [9.17, 15) is 5.11 Å². The fourth-order valence-corrected chi connectivity index (χ4v) is 6.20. The van der Waals surface area contributed by atoms with Crippen molar-refractivity contribution in [3.63, 3.8) is 0 Å². The third-order valence-electron chi connectivity index (χ3n) is 9.23. The number of aliphatic imine (C=N–C) groups is 1. The molecule has 0 bridgehead atoms. The summed E-state index contributed by atoms with van der Waals surface area (Å²) in [5.74, 6) is 0.677. The molecule has 248 valence electrons. The zero-order valence-corrected chi connectivity index (χ0v) is 29.5. The zero-order valence-electron chi connectivity index (χ0n) is 29.5. The van der Waals surface area contributed by atoms with Crippen LogP contribution >= 0.6 is 0 Å². The predicted octanol–water partition coefficient (Wildman–Crippen LogP) is 12.5. The molecule has 0 aliphatic carbocycles. The van der Waals surface area contributed by atoms with Crippen molar-refractivity contribution in [2.75, 3.05) is 0 Å². The summed E-state index contributed by atoms with van der Waals surface area (Å²) in [5.41, 5.74) is 12.7. The van der Waals surface area contributed by atoms with Crippen LogP contribution in [0.15, 0.2) is 143 Å². The number of aromatic nitrogens is 1. The highest BCUT2D eigenvalue weighted by Gasteiger charge is 2.19. The number of oxazole rings is 1. The van der Waals surface area contributed by atoms with Gasteiger partial charge in [0.1, 0.15) is 11.3 Å². The van der Waals surface area contributed by atoms with Gasteiger partial charge in [-0.05, 0) is 86.2 Å². The first-order valence-electron chi connectivity index (χ1n) is 17.1. The van der Waals surface area contributed by atoms with Crippen molar-refractivity contribution in [2.45, 2.75) is 52.4 Å². The maximum Gasteiger partial charge on any atom is 0.229 e. The van der Waals surface area contributed by atoms with E-state index in [2.05, 4.69) is 114 Å². The molecule has 0 radical (unpaired) electrons. The monoisotopic (exact) mass is 654 g/mol. The Morgan fingerprint density at radius 1 is 0.560 bits per heavy atom. The van der Waals surface area contributed by atoms with E-state index >= 15 is 0 Å². The maximum atomic E-state index is 10.6. The molecule has 0 unspecified atom stereocenters. The average molecular weight is 655 g/mol. The molecule has 0 amide bonds. The van der Waals surface area contributed by atoms with Gasteiger partial charge in [-0.2, -0.15) is 0 Å². The van der Waals surface area contributed by atoms with Crippen molar-refractivity contribution >= 4 is 23.0 Å². The molecule has 1 aromatic heterocycles. The van der Waals surface area contributed by atoms with E-state index in [1.165, 1.54) is 16.7 Å². The Hall–Kier alpha value is -5.74. The van der Waals surface area contributed by atoms with Crippen LogP contribution in [0.25, 0.3) is 55.9 Å². The molecule has 0 saturated heterocycles. The van der Waals surface area contributed by atoms with Crippen LogP contribution in [-0.2, 0) is 10.8 Å². The standard InChI is InChI=1S/C46H42N2O2/c1-45(2,3)36-16-12-15-33(25-36)30-19-21-31(22-20-30)34-27-39(32-13-8-7-9-14-32)43-42(28-34)50-44(48-43)38-17-10-11-18-40(38)47-29-35-26-37(46(4,5)6)23-24-41(35)49/h7-29,49H,1-6H3. The predicted molar refractivity (Wildman–Crippen MR) is 209 cm³/mol. The van der Waals surface area contributed by atoms with Gasteiger partial charge in [0, 0.05) is 17.3 Å². The normalized spacial score (nSPS) is 12.2. The average Bonchev–Trinajstić information content (AvgIpc) is 3.55. The Labute approximate surface area is 294 Å². The van der Waals surface area contributed by atoms with Gasteiger partial charge in [0.05, 0.1) is 11.3 Å². The van der Waals surface area contributed by atoms with E-state index in [0.29, 0.717) is 22.7 Å². The van der Waals surface area contributed by atoms with Gasteiger partial charge in [-0.15, -0.1) is 0 Å². The molecule has 0 aliphatic heterocycles. The van der Waals surface area contributed by atoms with Crippen molar-refractivity contribution < 1.29 is 9.52 Å². The van der Waals surface area contributed by atoms with Crippen LogP contribution in [0.1, 0.15) is 58.2 Å². The molecule has 0 fully saturated rings. The van der Waals surface area contributed by atoms with Gasteiger partial charge in [0.25, 0.3) is 0 Å². The number of hydrogen-bond donors (Lipinski definition) is 1. The number of rotatable bonds is 6. The first kappa shape index (κ1) is 32.8. The zero-order chi connectivity index (χ0) is 35.0. The van der Waals surface area contributed by atoms with Crippen molar-refractivity contribution in [2.24, 2.45) is 4.99 Å². The van der Waals surface area contributed by atoms with Gasteiger partial charge >= 0.3 is 0 Å². The molecule has 4 nitrogen and oxygen atoms in total. The van der Waals surface area contributed by atoms with Crippen LogP contribution in [0.2, 0.25) is 0 Å². The summed E-state index contributed by atoms with van der Waals surface area (Å²) in [6, 6.07) is 45.7. The van der Waals surface area contributed by atoms with Crippen LogP contribution in [0, 0.1) is 0 Å². The summed E-state index contributed by atoms with van der Waals surface area (Å²) in [7, 11) is 0. The van der Waals surface area contributed by atoms with Gasteiger partial charge in [-0.1, -0.05) is 139 Å². The third-order valence-corrected chi connectivity index (χ3v) is 9.23. The van der Waals surface area contributed by atoms with Gasteiger partial charge in [0.15, 0.2) is 5.58 Å². The van der Waals surface area contributed by atoms with Crippen molar-refractivity contribution in [1.82, 2.24) is 4.98 Å². The van der Waals surface area contributed by atoms with Crippen molar-refractivity contribution in [1.29, 1.82) is 0 Å². The third kappa shape index (κ3) is 6.75. The summed E-state index contributed by atoms with van der Waals surface area (Å²) in [4.78, 5) is 9.89. The quantitative estimate of drug-likeness (QED) is 0.182. The van der Waals surface area contributed by atoms with E-state index in [-0.39, 0.29) is 16.6 Å². The van der Waals surface area contributed by atoms with Crippen LogP contribution in [0.5, 0.6) is 5.75 Å². The Bertz CT molecular complexity index is 2330. The first-order chi connectivity index (χ1) is 23.9. The lowest BCUT2D eigenvalue weighted by molar-refractivity contribution is 0.473. The molecular weight excluding hydrogens is 613 g/mol. The van der Waals surface area contributed by atoms with Crippen molar-refractivity contribution in [3.05, 3.63) is 150 Å². The SMILES string of the molecule is CC(C)(C)c1cccc(-c2ccc(-c3cc(-c4ccccc4)c4nc(-c5ccccc5N=Cc5cc(C(C)(C)C)ccc5O)oc4c3)cc2)c1. The van der Waals surface area contributed by atoms with Crippen LogP contribution in [-0.4, -0.2) is 16.3 Å². The molecule has 7 rings (SSSR count). The number of benzene rings is 6. The van der Waals surface area contributed by atoms with E-state index in [1.54, 1.807) is 12.3 Å². The molecule has 1 N–H and O–H groups in total. The van der Waals surface area contributed by atoms with Crippen molar-refractivity contribution in [3.8, 4) is 50.6 Å².